The summed E-state index contributed by atoms with van der Waals surface area (Å²) in [5.74, 6) is 0.176. The maximum Gasteiger partial charge on any atom is 0.228 e. The molecule has 0 radical (unpaired) electrons. The van der Waals surface area contributed by atoms with E-state index in [2.05, 4.69) is 15.6 Å². The van der Waals surface area contributed by atoms with Crippen LogP contribution in [0.3, 0.4) is 0 Å². The summed E-state index contributed by atoms with van der Waals surface area (Å²) < 4.78 is 0. The molecule has 4 nitrogen and oxygen atoms in total. The normalized spacial score (nSPS) is 17.9. The highest BCUT2D eigenvalue weighted by atomic mass is 16.1. The van der Waals surface area contributed by atoms with Crippen molar-refractivity contribution in [3.8, 4) is 11.1 Å². The van der Waals surface area contributed by atoms with Crippen LogP contribution in [-0.2, 0) is 4.79 Å². The minimum atomic E-state index is 0.0806. The zero-order chi connectivity index (χ0) is 13.8. The summed E-state index contributed by atoms with van der Waals surface area (Å²) in [6.45, 7) is 1.70. The minimum Gasteiger partial charge on any atom is -0.326 e. The fourth-order valence-electron chi connectivity index (χ4n) is 2.43. The lowest BCUT2D eigenvalue weighted by Crippen LogP contribution is -2.24. The van der Waals surface area contributed by atoms with Crippen LogP contribution in [0.2, 0.25) is 0 Å². The average Bonchev–Trinajstić information content (AvgIpc) is 3.03. The van der Waals surface area contributed by atoms with E-state index in [9.17, 15) is 4.79 Å². The highest BCUT2D eigenvalue weighted by Gasteiger charge is 2.22. The Morgan fingerprint density at radius 1 is 1.25 bits per heavy atom. The predicted molar refractivity (Wildman–Crippen MR) is 79.3 cm³/mol. The van der Waals surface area contributed by atoms with Crippen molar-refractivity contribution in [2.75, 3.05) is 18.4 Å². The van der Waals surface area contributed by atoms with E-state index in [-0.39, 0.29) is 11.8 Å². The molecule has 0 saturated carbocycles. The van der Waals surface area contributed by atoms with E-state index in [1.54, 1.807) is 6.20 Å². The number of carbonyl (C=O) groups is 1. The van der Waals surface area contributed by atoms with E-state index < -0.39 is 0 Å². The first kappa shape index (κ1) is 12.8. The molecule has 20 heavy (non-hydrogen) atoms. The summed E-state index contributed by atoms with van der Waals surface area (Å²) in [5, 5.41) is 6.20. The predicted octanol–water partition coefficient (Wildman–Crippen LogP) is 2.30. The van der Waals surface area contributed by atoms with Crippen LogP contribution >= 0.6 is 0 Å². The number of rotatable bonds is 3. The zero-order valence-corrected chi connectivity index (χ0v) is 11.2. The van der Waals surface area contributed by atoms with Crippen LogP contribution in [0.4, 0.5) is 5.69 Å². The number of nitrogens with one attached hydrogen (secondary N) is 2. The van der Waals surface area contributed by atoms with Gasteiger partial charge in [0.05, 0.1) is 5.92 Å². The third-order valence-electron chi connectivity index (χ3n) is 3.56. The number of hydrogen-bond acceptors (Lipinski definition) is 3. The molecular formula is C16H17N3O. The summed E-state index contributed by atoms with van der Waals surface area (Å²) in [6, 6.07) is 11.8. The molecule has 2 aromatic rings. The van der Waals surface area contributed by atoms with Gasteiger partial charge in [-0.1, -0.05) is 18.2 Å². The van der Waals surface area contributed by atoms with Gasteiger partial charge in [-0.3, -0.25) is 9.78 Å². The minimum absolute atomic E-state index is 0.0806. The van der Waals surface area contributed by atoms with E-state index in [1.165, 1.54) is 0 Å². The first-order valence-electron chi connectivity index (χ1n) is 6.85. The third-order valence-corrected chi connectivity index (χ3v) is 3.56. The van der Waals surface area contributed by atoms with Gasteiger partial charge in [-0.25, -0.2) is 0 Å². The van der Waals surface area contributed by atoms with Crippen LogP contribution in [0.25, 0.3) is 11.1 Å². The molecule has 1 fully saturated rings. The van der Waals surface area contributed by atoms with Gasteiger partial charge in [-0.05, 0) is 36.7 Å². The Bertz CT molecular complexity index is 592. The van der Waals surface area contributed by atoms with Crippen LogP contribution in [-0.4, -0.2) is 24.0 Å². The second-order valence-electron chi connectivity index (χ2n) is 5.00. The SMILES string of the molecule is O=C(Nc1cccc(-c2cccnc2)c1)C1CCNC1. The second kappa shape index (κ2) is 5.84. The molecule has 1 aliphatic heterocycles. The Morgan fingerprint density at radius 3 is 2.90 bits per heavy atom. The fourth-order valence-corrected chi connectivity index (χ4v) is 2.43. The van der Waals surface area contributed by atoms with Crippen LogP contribution in [0.5, 0.6) is 0 Å². The molecule has 0 spiro atoms. The molecule has 1 aromatic heterocycles. The molecule has 2 heterocycles. The van der Waals surface area contributed by atoms with Gasteiger partial charge in [0.25, 0.3) is 0 Å². The highest BCUT2D eigenvalue weighted by molar-refractivity contribution is 5.93. The highest BCUT2D eigenvalue weighted by Crippen LogP contribution is 2.22. The molecule has 0 bridgehead atoms. The summed E-state index contributed by atoms with van der Waals surface area (Å²) in [7, 11) is 0. The Hall–Kier alpha value is -2.20. The Labute approximate surface area is 118 Å². The van der Waals surface area contributed by atoms with Crippen molar-refractivity contribution < 1.29 is 4.79 Å². The molecule has 4 heteroatoms. The van der Waals surface area contributed by atoms with Crippen molar-refractivity contribution in [3.05, 3.63) is 48.8 Å². The third kappa shape index (κ3) is 2.86. The van der Waals surface area contributed by atoms with Crippen LogP contribution < -0.4 is 10.6 Å². The van der Waals surface area contributed by atoms with Gasteiger partial charge in [0.2, 0.25) is 5.91 Å². The van der Waals surface area contributed by atoms with Gasteiger partial charge in [0.15, 0.2) is 0 Å². The van der Waals surface area contributed by atoms with E-state index in [0.29, 0.717) is 0 Å². The number of carbonyl (C=O) groups excluding carboxylic acids is 1. The number of amides is 1. The van der Waals surface area contributed by atoms with Crippen molar-refractivity contribution in [3.63, 3.8) is 0 Å². The zero-order valence-electron chi connectivity index (χ0n) is 11.2. The van der Waals surface area contributed by atoms with Crippen molar-refractivity contribution >= 4 is 11.6 Å². The molecule has 1 unspecified atom stereocenters. The fraction of sp³-hybridized carbons (Fsp3) is 0.250. The van der Waals surface area contributed by atoms with Gasteiger partial charge >= 0.3 is 0 Å². The molecule has 1 atom stereocenters. The number of anilines is 1. The van der Waals surface area contributed by atoms with Gasteiger partial charge in [-0.2, -0.15) is 0 Å². The van der Waals surface area contributed by atoms with Crippen molar-refractivity contribution in [2.45, 2.75) is 6.42 Å². The van der Waals surface area contributed by atoms with E-state index in [4.69, 9.17) is 0 Å². The maximum absolute atomic E-state index is 12.1. The van der Waals surface area contributed by atoms with Crippen LogP contribution in [0.15, 0.2) is 48.8 Å². The van der Waals surface area contributed by atoms with Gasteiger partial charge in [0.1, 0.15) is 0 Å². The molecule has 2 N–H and O–H groups in total. The molecule has 3 rings (SSSR count). The largest absolute Gasteiger partial charge is 0.326 e. The van der Waals surface area contributed by atoms with E-state index in [0.717, 1.165) is 36.3 Å². The van der Waals surface area contributed by atoms with Crippen molar-refractivity contribution in [1.82, 2.24) is 10.3 Å². The van der Waals surface area contributed by atoms with Crippen molar-refractivity contribution in [1.29, 1.82) is 0 Å². The maximum atomic E-state index is 12.1. The number of pyridine rings is 1. The number of nitrogens with zero attached hydrogens (tertiary/aromatic N) is 1. The Kier molecular flexibility index (Phi) is 3.74. The molecule has 0 aliphatic carbocycles. The molecule has 1 amide bonds. The first-order valence-corrected chi connectivity index (χ1v) is 6.85. The number of hydrogen-bond donors (Lipinski definition) is 2. The standard InChI is InChI=1S/C16H17N3O/c20-16(14-6-8-18-11-14)19-15-5-1-3-12(9-15)13-4-2-7-17-10-13/h1-5,7,9-10,14,18H,6,8,11H2,(H,19,20). The number of benzene rings is 1. The molecule has 1 aromatic carbocycles. The summed E-state index contributed by atoms with van der Waals surface area (Å²) >= 11 is 0. The quantitative estimate of drug-likeness (QED) is 0.897. The van der Waals surface area contributed by atoms with Gasteiger partial charge in [-0.15, -0.1) is 0 Å². The molecule has 102 valence electrons. The molecule has 1 aliphatic rings. The van der Waals surface area contributed by atoms with Crippen molar-refractivity contribution in [2.24, 2.45) is 5.92 Å². The first-order chi connectivity index (χ1) is 9.83. The average molecular weight is 267 g/mol. The van der Waals surface area contributed by atoms with Gasteiger partial charge < -0.3 is 10.6 Å². The number of aromatic nitrogens is 1. The second-order valence-corrected chi connectivity index (χ2v) is 5.00. The topological polar surface area (TPSA) is 54.0 Å². The van der Waals surface area contributed by atoms with Gasteiger partial charge in [0, 0.05) is 30.2 Å². The lowest BCUT2D eigenvalue weighted by molar-refractivity contribution is -0.119. The monoisotopic (exact) mass is 267 g/mol. The summed E-state index contributed by atoms with van der Waals surface area (Å²) in [6.07, 6.45) is 4.48. The molecular weight excluding hydrogens is 250 g/mol. The van der Waals surface area contributed by atoms with E-state index in [1.807, 2.05) is 42.6 Å². The summed E-state index contributed by atoms with van der Waals surface area (Å²) in [4.78, 5) is 16.2. The summed E-state index contributed by atoms with van der Waals surface area (Å²) in [5.41, 5.74) is 2.94. The molecule has 1 saturated heterocycles. The lowest BCUT2D eigenvalue weighted by atomic mass is 10.1. The Balaban J connectivity index is 1.76. The Morgan fingerprint density at radius 2 is 2.15 bits per heavy atom. The lowest BCUT2D eigenvalue weighted by Gasteiger charge is -2.11. The smallest absolute Gasteiger partial charge is 0.228 e. The van der Waals surface area contributed by atoms with Crippen LogP contribution in [0, 0.1) is 5.92 Å². The van der Waals surface area contributed by atoms with Crippen LogP contribution in [0.1, 0.15) is 6.42 Å². The van der Waals surface area contributed by atoms with E-state index >= 15 is 0 Å².